The van der Waals surface area contributed by atoms with E-state index in [4.69, 9.17) is 27.4 Å². The van der Waals surface area contributed by atoms with E-state index < -0.39 is 60.1 Å². The Hall–Kier alpha value is -3.22. The quantitative estimate of drug-likeness (QED) is 0.164. The number of hydrogen-bond acceptors (Lipinski definition) is 7. The van der Waals surface area contributed by atoms with Crippen LogP contribution in [0, 0.1) is 0 Å². The van der Waals surface area contributed by atoms with E-state index >= 15 is 0 Å². The maximum atomic E-state index is 12.2. The van der Waals surface area contributed by atoms with Gasteiger partial charge in [0.1, 0.15) is 12.1 Å². The molecular weight excluding hydrogens is 366 g/mol. The SMILES string of the molecule is NC(=O)CCC(N)C(=O)NC(CC(=O)O)C(=O)NC(CCC(N)=O)C(=O)O. The third-order valence-corrected chi connectivity index (χ3v) is 3.34. The molecule has 13 heteroatoms. The molecule has 3 atom stereocenters. The fourth-order valence-corrected chi connectivity index (χ4v) is 1.91. The number of aliphatic carboxylic acids is 2. The van der Waals surface area contributed by atoms with Gasteiger partial charge >= 0.3 is 11.9 Å². The zero-order valence-electron chi connectivity index (χ0n) is 14.3. The highest BCUT2D eigenvalue weighted by atomic mass is 16.4. The first-order valence-electron chi connectivity index (χ1n) is 7.81. The van der Waals surface area contributed by atoms with Crippen LogP contribution in [0.5, 0.6) is 0 Å². The van der Waals surface area contributed by atoms with Crippen LogP contribution < -0.4 is 27.8 Å². The van der Waals surface area contributed by atoms with Crippen molar-refractivity contribution < 1.29 is 39.0 Å². The fraction of sp³-hybridized carbons (Fsp3) is 0.571. The number of primary amides is 2. The molecule has 3 unspecified atom stereocenters. The van der Waals surface area contributed by atoms with Crippen LogP contribution in [0.2, 0.25) is 0 Å². The van der Waals surface area contributed by atoms with E-state index in [1.807, 2.05) is 5.32 Å². The Bertz CT molecular complexity index is 608. The Morgan fingerprint density at radius 2 is 1.26 bits per heavy atom. The Kier molecular flexibility index (Phi) is 10.0. The van der Waals surface area contributed by atoms with E-state index in [0.29, 0.717) is 0 Å². The number of carbonyl (C=O) groups is 6. The first-order chi connectivity index (χ1) is 12.4. The molecule has 0 saturated heterocycles. The van der Waals surface area contributed by atoms with Crippen molar-refractivity contribution in [3.63, 3.8) is 0 Å². The summed E-state index contributed by atoms with van der Waals surface area (Å²) < 4.78 is 0. The highest BCUT2D eigenvalue weighted by Gasteiger charge is 2.29. The standard InChI is InChI=1S/C14H23N5O8/c15-6(1-3-9(16)20)12(24)19-8(5-11(22)23)13(25)18-7(14(26)27)2-4-10(17)21/h6-8H,1-5,15H2,(H2,16,20)(H2,17,21)(H,18,25)(H,19,24)(H,22,23)(H,26,27). The zero-order valence-corrected chi connectivity index (χ0v) is 14.3. The van der Waals surface area contributed by atoms with E-state index in [1.165, 1.54) is 0 Å². The summed E-state index contributed by atoms with van der Waals surface area (Å²) in [5.41, 5.74) is 15.4. The molecule has 0 aromatic rings. The lowest BCUT2D eigenvalue weighted by Crippen LogP contribution is -2.55. The van der Waals surface area contributed by atoms with Gasteiger partial charge in [-0.3, -0.25) is 24.0 Å². The van der Waals surface area contributed by atoms with Gasteiger partial charge in [0.2, 0.25) is 23.6 Å². The van der Waals surface area contributed by atoms with Crippen molar-refractivity contribution in [2.75, 3.05) is 0 Å². The highest BCUT2D eigenvalue weighted by Crippen LogP contribution is 2.02. The average molecular weight is 389 g/mol. The molecule has 0 rings (SSSR count). The van der Waals surface area contributed by atoms with Crippen LogP contribution in [0.1, 0.15) is 32.1 Å². The summed E-state index contributed by atoms with van der Waals surface area (Å²) in [4.78, 5) is 67.6. The molecule has 13 nitrogen and oxygen atoms in total. The molecule has 0 aromatic heterocycles. The van der Waals surface area contributed by atoms with Crippen LogP contribution in [0.25, 0.3) is 0 Å². The number of carbonyl (C=O) groups excluding carboxylic acids is 4. The first-order valence-corrected chi connectivity index (χ1v) is 7.81. The first kappa shape index (κ1) is 23.8. The van der Waals surface area contributed by atoms with E-state index in [-0.39, 0.29) is 25.7 Å². The molecule has 0 aliphatic heterocycles. The van der Waals surface area contributed by atoms with Crippen molar-refractivity contribution in [3.8, 4) is 0 Å². The van der Waals surface area contributed by atoms with Crippen LogP contribution in [-0.4, -0.2) is 63.9 Å². The molecule has 4 amide bonds. The minimum Gasteiger partial charge on any atom is -0.481 e. The molecular formula is C14H23N5O8. The van der Waals surface area contributed by atoms with Crippen LogP contribution in [-0.2, 0) is 28.8 Å². The third kappa shape index (κ3) is 10.4. The van der Waals surface area contributed by atoms with E-state index in [9.17, 15) is 28.8 Å². The molecule has 152 valence electrons. The van der Waals surface area contributed by atoms with Crippen molar-refractivity contribution in [2.24, 2.45) is 17.2 Å². The van der Waals surface area contributed by atoms with Crippen molar-refractivity contribution >= 4 is 35.6 Å². The lowest BCUT2D eigenvalue weighted by Gasteiger charge is -2.21. The second-order valence-corrected chi connectivity index (χ2v) is 5.67. The average Bonchev–Trinajstić information content (AvgIpc) is 2.54. The number of carboxylic acids is 2. The van der Waals surface area contributed by atoms with Crippen LogP contribution in [0.4, 0.5) is 0 Å². The van der Waals surface area contributed by atoms with Gasteiger partial charge in [-0.1, -0.05) is 0 Å². The van der Waals surface area contributed by atoms with E-state index in [1.54, 1.807) is 0 Å². The third-order valence-electron chi connectivity index (χ3n) is 3.34. The summed E-state index contributed by atoms with van der Waals surface area (Å²) in [6.45, 7) is 0. The van der Waals surface area contributed by atoms with Gasteiger partial charge in [-0.15, -0.1) is 0 Å². The minimum atomic E-state index is -1.62. The molecule has 0 saturated carbocycles. The summed E-state index contributed by atoms with van der Waals surface area (Å²) in [7, 11) is 0. The van der Waals surface area contributed by atoms with Gasteiger partial charge in [-0.05, 0) is 12.8 Å². The zero-order chi connectivity index (χ0) is 21.1. The summed E-state index contributed by atoms with van der Waals surface area (Å²) in [5.74, 6) is -6.40. The maximum Gasteiger partial charge on any atom is 0.326 e. The normalized spacial score (nSPS) is 13.7. The molecule has 0 heterocycles. The van der Waals surface area contributed by atoms with Gasteiger partial charge in [0, 0.05) is 12.8 Å². The molecule has 0 aliphatic rings. The van der Waals surface area contributed by atoms with Crippen LogP contribution >= 0.6 is 0 Å². The van der Waals surface area contributed by atoms with Gasteiger partial charge in [0.05, 0.1) is 12.5 Å². The van der Waals surface area contributed by atoms with E-state index in [0.717, 1.165) is 0 Å². The number of hydrogen-bond donors (Lipinski definition) is 7. The number of nitrogens with one attached hydrogen (secondary N) is 2. The summed E-state index contributed by atoms with van der Waals surface area (Å²) in [6, 6.07) is -4.36. The monoisotopic (exact) mass is 389 g/mol. The Morgan fingerprint density at radius 1 is 0.778 bits per heavy atom. The number of nitrogens with two attached hydrogens (primary N) is 3. The molecule has 0 bridgehead atoms. The van der Waals surface area contributed by atoms with Crippen molar-refractivity contribution in [1.29, 1.82) is 0 Å². The number of carboxylic acid groups (broad SMARTS) is 2. The molecule has 0 fully saturated rings. The molecule has 0 radical (unpaired) electrons. The van der Waals surface area contributed by atoms with Gasteiger partial charge in [-0.2, -0.15) is 0 Å². The largest absolute Gasteiger partial charge is 0.481 e. The number of amides is 4. The Morgan fingerprint density at radius 3 is 1.70 bits per heavy atom. The van der Waals surface area contributed by atoms with Crippen LogP contribution in [0.15, 0.2) is 0 Å². The summed E-state index contributed by atoms with van der Waals surface area (Å²) in [5, 5.41) is 22.1. The van der Waals surface area contributed by atoms with E-state index in [2.05, 4.69) is 5.32 Å². The number of rotatable bonds is 13. The van der Waals surface area contributed by atoms with Crippen molar-refractivity contribution in [3.05, 3.63) is 0 Å². The molecule has 0 spiro atoms. The Balaban J connectivity index is 5.03. The predicted molar refractivity (Wildman–Crippen MR) is 88.6 cm³/mol. The van der Waals surface area contributed by atoms with Crippen LogP contribution in [0.3, 0.4) is 0 Å². The second kappa shape index (κ2) is 11.4. The lowest BCUT2D eigenvalue weighted by molar-refractivity contribution is -0.143. The minimum absolute atomic E-state index is 0.126. The maximum absolute atomic E-state index is 12.2. The molecule has 27 heavy (non-hydrogen) atoms. The Labute approximate surface area is 153 Å². The van der Waals surface area contributed by atoms with Gasteiger partial charge in [-0.25, -0.2) is 4.79 Å². The lowest BCUT2D eigenvalue weighted by atomic mass is 10.1. The topological polar surface area (TPSA) is 245 Å². The van der Waals surface area contributed by atoms with Gasteiger partial charge < -0.3 is 38.0 Å². The molecule has 10 N–H and O–H groups in total. The smallest absolute Gasteiger partial charge is 0.326 e. The van der Waals surface area contributed by atoms with Crippen molar-refractivity contribution in [1.82, 2.24) is 10.6 Å². The summed E-state index contributed by atoms with van der Waals surface area (Å²) >= 11 is 0. The van der Waals surface area contributed by atoms with Gasteiger partial charge in [0.15, 0.2) is 0 Å². The molecule has 0 aromatic carbocycles. The summed E-state index contributed by atoms with van der Waals surface area (Å²) in [6.07, 6.45) is -1.81. The van der Waals surface area contributed by atoms with Gasteiger partial charge in [0.25, 0.3) is 0 Å². The highest BCUT2D eigenvalue weighted by molar-refractivity contribution is 5.94. The van der Waals surface area contributed by atoms with Crippen molar-refractivity contribution in [2.45, 2.75) is 50.2 Å². The second-order valence-electron chi connectivity index (χ2n) is 5.67. The fourth-order valence-electron chi connectivity index (χ4n) is 1.91. The molecule has 0 aliphatic carbocycles. The predicted octanol–water partition coefficient (Wildman–Crippen LogP) is -3.63.